The van der Waals surface area contributed by atoms with Crippen LogP contribution in [0.1, 0.15) is 63.0 Å². The van der Waals surface area contributed by atoms with E-state index >= 15 is 0 Å². The molecule has 0 radical (unpaired) electrons. The molecule has 4 saturated carbocycles. The van der Waals surface area contributed by atoms with Crippen LogP contribution in [-0.2, 0) is 14.3 Å². The van der Waals surface area contributed by atoms with Crippen LogP contribution in [0.4, 0.5) is 0 Å². The molecule has 150 valence electrons. The largest absolute Gasteiger partial charge is 0.447 e. The highest BCUT2D eigenvalue weighted by atomic mass is 35.5. The van der Waals surface area contributed by atoms with Gasteiger partial charge in [0.25, 0.3) is 5.91 Å². The third-order valence-electron chi connectivity index (χ3n) is 7.39. The molecule has 28 heavy (non-hydrogen) atoms. The molecule has 5 aliphatic rings. The normalized spacial score (nSPS) is 37.1. The minimum absolute atomic E-state index is 0.0811. The molecule has 0 spiro atoms. The number of rotatable bonds is 4. The monoisotopic (exact) mass is 401 g/mol. The third kappa shape index (κ3) is 3.14. The van der Waals surface area contributed by atoms with E-state index in [1.54, 1.807) is 0 Å². The van der Waals surface area contributed by atoms with Crippen molar-refractivity contribution in [3.8, 4) is 0 Å². The molecule has 6 rings (SSSR count). The van der Waals surface area contributed by atoms with E-state index in [4.69, 9.17) is 16.3 Å². The van der Waals surface area contributed by atoms with Crippen molar-refractivity contribution in [2.45, 2.75) is 62.3 Å². The molecule has 1 heterocycles. The van der Waals surface area contributed by atoms with Crippen molar-refractivity contribution in [3.05, 3.63) is 35.9 Å². The Morgan fingerprint density at radius 3 is 2.29 bits per heavy atom. The van der Waals surface area contributed by atoms with Gasteiger partial charge in [0.05, 0.1) is 5.41 Å². The zero-order valence-electron chi connectivity index (χ0n) is 16.2. The first-order valence-corrected chi connectivity index (χ1v) is 11.1. The number of likely N-dealkylation sites (tertiary alicyclic amines) is 1. The average Bonchev–Trinajstić information content (AvgIpc) is 3.19. The molecule has 0 aromatic heterocycles. The van der Waals surface area contributed by atoms with Gasteiger partial charge in [0.1, 0.15) is 0 Å². The standard InChI is InChI=1S/C23H28ClNO3/c24-23-13-16-10-17(14-23)12-22(11-16,15-23)21(27)28-19(18-6-2-1-3-7-18)20(26)25-8-4-5-9-25/h1-3,6-7,16-17,19H,4-5,8-15H2/t16-,17+,19-,22?,23?/m0/s1. The van der Waals surface area contributed by atoms with Crippen molar-refractivity contribution < 1.29 is 14.3 Å². The molecule has 2 unspecified atom stereocenters. The maximum absolute atomic E-state index is 13.5. The Hall–Kier alpha value is -1.55. The quantitative estimate of drug-likeness (QED) is 0.552. The predicted molar refractivity (Wildman–Crippen MR) is 107 cm³/mol. The lowest BCUT2D eigenvalue weighted by molar-refractivity contribution is -0.180. The summed E-state index contributed by atoms with van der Waals surface area (Å²) in [7, 11) is 0. The van der Waals surface area contributed by atoms with Crippen LogP contribution in [-0.4, -0.2) is 34.7 Å². The maximum atomic E-state index is 13.5. The van der Waals surface area contributed by atoms with Crippen LogP contribution in [0.25, 0.3) is 0 Å². The van der Waals surface area contributed by atoms with Gasteiger partial charge in [-0.1, -0.05) is 30.3 Å². The first kappa shape index (κ1) is 18.5. The Balaban J connectivity index is 1.41. The van der Waals surface area contributed by atoms with Gasteiger partial charge < -0.3 is 9.64 Å². The summed E-state index contributed by atoms with van der Waals surface area (Å²) in [5, 5.41) is 0. The van der Waals surface area contributed by atoms with Crippen molar-refractivity contribution in [1.29, 1.82) is 0 Å². The summed E-state index contributed by atoms with van der Waals surface area (Å²) in [5.74, 6) is 0.766. The number of benzene rings is 1. The summed E-state index contributed by atoms with van der Waals surface area (Å²) < 4.78 is 6.05. The van der Waals surface area contributed by atoms with Gasteiger partial charge >= 0.3 is 5.97 Å². The van der Waals surface area contributed by atoms with Gasteiger partial charge in [0.2, 0.25) is 6.10 Å². The van der Waals surface area contributed by atoms with Gasteiger partial charge in [-0.25, -0.2) is 0 Å². The van der Waals surface area contributed by atoms with Gasteiger partial charge in [0, 0.05) is 23.5 Å². The van der Waals surface area contributed by atoms with Crippen LogP contribution in [0, 0.1) is 17.3 Å². The average molecular weight is 402 g/mol. The van der Waals surface area contributed by atoms with E-state index in [1.807, 2.05) is 35.2 Å². The minimum atomic E-state index is -0.842. The molecular weight excluding hydrogens is 374 g/mol. The Morgan fingerprint density at radius 1 is 1.04 bits per heavy atom. The van der Waals surface area contributed by atoms with Crippen LogP contribution in [0.2, 0.25) is 0 Å². The van der Waals surface area contributed by atoms with Crippen LogP contribution in [0.5, 0.6) is 0 Å². The number of ether oxygens (including phenoxy) is 1. The number of halogens is 1. The lowest BCUT2D eigenvalue weighted by atomic mass is 9.49. The van der Waals surface area contributed by atoms with Crippen molar-refractivity contribution in [2.75, 3.05) is 13.1 Å². The van der Waals surface area contributed by atoms with Crippen LogP contribution < -0.4 is 0 Å². The van der Waals surface area contributed by atoms with Gasteiger partial charge in [-0.2, -0.15) is 0 Å². The first-order valence-electron chi connectivity index (χ1n) is 10.7. The van der Waals surface area contributed by atoms with Crippen LogP contribution in [0.15, 0.2) is 30.3 Å². The smallest absolute Gasteiger partial charge is 0.313 e. The summed E-state index contributed by atoms with van der Waals surface area (Å²) in [4.78, 5) is 28.3. The van der Waals surface area contributed by atoms with Gasteiger partial charge in [-0.05, 0) is 63.2 Å². The zero-order valence-corrected chi connectivity index (χ0v) is 17.0. The molecule has 5 fully saturated rings. The van der Waals surface area contributed by atoms with Crippen LogP contribution >= 0.6 is 11.6 Å². The molecule has 1 aliphatic heterocycles. The fourth-order valence-electron chi connectivity index (χ4n) is 6.61. The molecule has 0 N–H and O–H groups in total. The topological polar surface area (TPSA) is 46.6 Å². The van der Waals surface area contributed by atoms with E-state index in [0.29, 0.717) is 18.3 Å². The summed E-state index contributed by atoms with van der Waals surface area (Å²) >= 11 is 6.90. The number of alkyl halides is 1. The van der Waals surface area contributed by atoms with Crippen LogP contribution in [0.3, 0.4) is 0 Å². The predicted octanol–water partition coefficient (Wildman–Crippen LogP) is 4.47. The van der Waals surface area contributed by atoms with Crippen molar-refractivity contribution in [1.82, 2.24) is 4.90 Å². The molecule has 5 atom stereocenters. The summed E-state index contributed by atoms with van der Waals surface area (Å²) in [6.45, 7) is 1.50. The van der Waals surface area contributed by atoms with E-state index in [-0.39, 0.29) is 16.8 Å². The highest BCUT2D eigenvalue weighted by molar-refractivity contribution is 6.24. The maximum Gasteiger partial charge on any atom is 0.313 e. The van der Waals surface area contributed by atoms with Gasteiger partial charge in [0.15, 0.2) is 0 Å². The fraction of sp³-hybridized carbons (Fsp3) is 0.652. The second kappa shape index (κ2) is 6.76. The van der Waals surface area contributed by atoms with E-state index in [2.05, 4.69) is 0 Å². The number of hydrogen-bond donors (Lipinski definition) is 0. The number of amides is 1. The molecule has 4 aliphatic carbocycles. The van der Waals surface area contributed by atoms with Crippen molar-refractivity contribution in [3.63, 3.8) is 0 Å². The second-order valence-electron chi connectivity index (χ2n) is 9.62. The highest BCUT2D eigenvalue weighted by Crippen LogP contribution is 2.64. The summed E-state index contributed by atoms with van der Waals surface area (Å²) in [6, 6.07) is 9.47. The van der Waals surface area contributed by atoms with E-state index in [0.717, 1.165) is 57.2 Å². The second-order valence-corrected chi connectivity index (χ2v) is 10.4. The van der Waals surface area contributed by atoms with Gasteiger partial charge in [-0.15, -0.1) is 11.6 Å². The van der Waals surface area contributed by atoms with Crippen molar-refractivity contribution in [2.24, 2.45) is 17.3 Å². The Kier molecular flexibility index (Phi) is 4.46. The summed E-state index contributed by atoms with van der Waals surface area (Å²) in [6.07, 6.45) is 6.87. The summed E-state index contributed by atoms with van der Waals surface area (Å²) in [5.41, 5.74) is 0.266. The number of carbonyl (C=O) groups is 2. The van der Waals surface area contributed by atoms with Crippen molar-refractivity contribution >= 4 is 23.5 Å². The van der Waals surface area contributed by atoms with E-state index < -0.39 is 11.5 Å². The molecular formula is C23H28ClNO3. The number of hydrogen-bond acceptors (Lipinski definition) is 3. The SMILES string of the molecule is O=C([C@@H](OC(=O)C12C[C@@H]3C[C@@H](CC(Cl)(C3)C1)C2)c1ccccc1)N1CCCC1. The van der Waals surface area contributed by atoms with E-state index in [1.165, 1.54) is 6.42 Å². The lowest BCUT2D eigenvalue weighted by Gasteiger charge is -2.58. The number of carbonyl (C=O) groups excluding carboxylic acids is 2. The zero-order chi connectivity index (χ0) is 19.4. The molecule has 4 bridgehead atoms. The molecule has 1 amide bonds. The Labute approximate surface area is 171 Å². The molecule has 1 aromatic rings. The highest BCUT2D eigenvalue weighted by Gasteiger charge is 2.61. The number of nitrogens with zero attached hydrogens (tertiary/aromatic N) is 1. The minimum Gasteiger partial charge on any atom is -0.447 e. The lowest BCUT2D eigenvalue weighted by Crippen LogP contribution is -2.56. The van der Waals surface area contributed by atoms with Gasteiger partial charge in [-0.3, -0.25) is 9.59 Å². The molecule has 1 aromatic carbocycles. The third-order valence-corrected chi connectivity index (χ3v) is 7.83. The fourth-order valence-corrected chi connectivity index (χ4v) is 7.31. The molecule has 1 saturated heterocycles. The Bertz CT molecular complexity index is 759. The number of esters is 1. The van der Waals surface area contributed by atoms with E-state index in [9.17, 15) is 9.59 Å². The molecule has 5 heteroatoms. The molecule has 4 nitrogen and oxygen atoms in total. The first-order chi connectivity index (χ1) is 13.5. The Morgan fingerprint density at radius 2 is 1.68 bits per heavy atom.